The molecule has 114 valence electrons. The number of nitrogens with one attached hydrogen (secondary N) is 2. The van der Waals surface area contributed by atoms with Crippen LogP contribution in [0.5, 0.6) is 0 Å². The smallest absolute Gasteiger partial charge is 0.245 e. The van der Waals surface area contributed by atoms with Gasteiger partial charge in [0.1, 0.15) is 5.82 Å². The number of hydrogen-bond donors (Lipinski definition) is 2. The molecule has 0 amide bonds. The lowest BCUT2D eigenvalue weighted by Crippen LogP contribution is -2.22. The molecule has 7 nitrogen and oxygen atoms in total. The third-order valence-electron chi connectivity index (χ3n) is 3.33. The molecule has 0 saturated carbocycles. The first kappa shape index (κ1) is 14.4. The maximum atomic E-state index is 5.68. The third kappa shape index (κ3) is 3.05. The molecule has 1 aromatic carbocycles. The Hall–Kier alpha value is -2.51. The normalized spacial score (nSPS) is 16.2. The minimum atomic E-state index is -0.692. The molecule has 2 N–H and O–H groups in total. The summed E-state index contributed by atoms with van der Waals surface area (Å²) in [7, 11) is 0. The summed E-state index contributed by atoms with van der Waals surface area (Å²) in [6.45, 7) is 6.46. The summed E-state index contributed by atoms with van der Waals surface area (Å²) in [4.78, 5) is 8.30. The van der Waals surface area contributed by atoms with E-state index in [1.54, 1.807) is 12.3 Å². The van der Waals surface area contributed by atoms with Crippen LogP contribution in [0, 0.1) is 0 Å². The Morgan fingerprint density at radius 2 is 2.09 bits per heavy atom. The monoisotopic (exact) mass is 299 g/mol. The number of hydrazone groups is 1. The van der Waals surface area contributed by atoms with Gasteiger partial charge in [-0.1, -0.05) is 12.1 Å². The second-order valence-corrected chi connectivity index (χ2v) is 4.88. The fourth-order valence-corrected chi connectivity index (χ4v) is 2.26. The van der Waals surface area contributed by atoms with E-state index < -0.39 is 5.79 Å². The first-order chi connectivity index (χ1) is 10.7. The van der Waals surface area contributed by atoms with Crippen molar-refractivity contribution in [3.63, 3.8) is 0 Å². The molecule has 3 rings (SSSR count). The first-order valence-corrected chi connectivity index (χ1v) is 6.90. The summed E-state index contributed by atoms with van der Waals surface area (Å²) in [6.07, 6.45) is 1.64. The van der Waals surface area contributed by atoms with Crippen LogP contribution >= 0.6 is 0 Å². The maximum absolute atomic E-state index is 5.68. The van der Waals surface area contributed by atoms with Crippen molar-refractivity contribution < 1.29 is 9.47 Å². The Kier molecular flexibility index (Phi) is 3.99. The summed E-state index contributed by atoms with van der Waals surface area (Å²) in [5.41, 5.74) is 4.44. The molecule has 7 heteroatoms. The zero-order valence-electron chi connectivity index (χ0n) is 12.2. The van der Waals surface area contributed by atoms with E-state index in [-0.39, 0.29) is 0 Å². The van der Waals surface area contributed by atoms with Gasteiger partial charge < -0.3 is 14.8 Å². The minimum absolute atomic E-state index is 0.380. The molecule has 22 heavy (non-hydrogen) atoms. The average molecular weight is 299 g/mol. The van der Waals surface area contributed by atoms with Gasteiger partial charge in [0.2, 0.25) is 5.95 Å². The molecule has 1 aliphatic rings. The highest BCUT2D eigenvalue weighted by Crippen LogP contribution is 2.32. The highest BCUT2D eigenvalue weighted by atomic mass is 16.7. The maximum Gasteiger partial charge on any atom is 0.245 e. The number of anilines is 3. The van der Waals surface area contributed by atoms with Gasteiger partial charge in [-0.05, 0) is 25.1 Å². The van der Waals surface area contributed by atoms with E-state index in [0.29, 0.717) is 25.0 Å². The minimum Gasteiger partial charge on any atom is -0.344 e. The van der Waals surface area contributed by atoms with Crippen LogP contribution in [0.1, 0.15) is 12.5 Å². The van der Waals surface area contributed by atoms with Crippen LogP contribution in [0.3, 0.4) is 0 Å². The van der Waals surface area contributed by atoms with Crippen LogP contribution in [0.15, 0.2) is 41.6 Å². The predicted molar refractivity (Wildman–Crippen MR) is 84.2 cm³/mol. The molecule has 0 spiro atoms. The Morgan fingerprint density at radius 1 is 1.27 bits per heavy atom. The summed E-state index contributed by atoms with van der Waals surface area (Å²) in [5, 5.41) is 6.76. The van der Waals surface area contributed by atoms with Crippen molar-refractivity contribution in [3.8, 4) is 0 Å². The van der Waals surface area contributed by atoms with Crippen LogP contribution in [0.4, 0.5) is 17.5 Å². The van der Waals surface area contributed by atoms with Crippen LogP contribution in [-0.4, -0.2) is 29.9 Å². The van der Waals surface area contributed by atoms with Gasteiger partial charge in [-0.15, -0.1) is 0 Å². The second-order valence-electron chi connectivity index (χ2n) is 4.88. The molecule has 0 unspecified atom stereocenters. The van der Waals surface area contributed by atoms with E-state index >= 15 is 0 Å². The Morgan fingerprint density at radius 3 is 2.86 bits per heavy atom. The molecule has 1 aromatic heterocycles. The Labute approximate surface area is 128 Å². The standard InChI is InChI=1S/C15H17N5O2/c1-15(21-8-9-22-15)11-4-3-5-12(10-11)18-13-6-7-17-14(19-13)20-16-2/h3-7,10H,2,8-9H2,1H3,(H2,17,18,19,20). The number of hydrogen-bond acceptors (Lipinski definition) is 7. The van der Waals surface area contributed by atoms with E-state index in [4.69, 9.17) is 9.47 Å². The average Bonchev–Trinajstić information content (AvgIpc) is 2.97. The zero-order valence-corrected chi connectivity index (χ0v) is 12.2. The van der Waals surface area contributed by atoms with Crippen molar-refractivity contribution in [2.24, 2.45) is 5.10 Å². The summed E-state index contributed by atoms with van der Waals surface area (Å²) >= 11 is 0. The number of benzene rings is 1. The lowest BCUT2D eigenvalue weighted by Gasteiger charge is -2.23. The molecule has 1 fully saturated rings. The van der Waals surface area contributed by atoms with E-state index in [0.717, 1.165) is 11.3 Å². The molecule has 0 atom stereocenters. The highest BCUT2D eigenvalue weighted by molar-refractivity contribution is 5.58. The summed E-state index contributed by atoms with van der Waals surface area (Å²) in [5.74, 6) is 0.338. The molecule has 2 aromatic rings. The van der Waals surface area contributed by atoms with Crippen LogP contribution in [0.2, 0.25) is 0 Å². The van der Waals surface area contributed by atoms with Gasteiger partial charge in [-0.3, -0.25) is 0 Å². The third-order valence-corrected chi connectivity index (χ3v) is 3.33. The van der Waals surface area contributed by atoms with E-state index in [9.17, 15) is 0 Å². The summed E-state index contributed by atoms with van der Waals surface area (Å²) < 4.78 is 11.4. The van der Waals surface area contributed by atoms with Gasteiger partial charge in [0, 0.05) is 24.2 Å². The van der Waals surface area contributed by atoms with Gasteiger partial charge in [0.25, 0.3) is 0 Å². The Balaban J connectivity index is 1.81. The van der Waals surface area contributed by atoms with Crippen LogP contribution < -0.4 is 10.7 Å². The number of nitrogens with zero attached hydrogens (tertiary/aromatic N) is 3. The lowest BCUT2D eigenvalue weighted by atomic mass is 10.1. The van der Waals surface area contributed by atoms with Crippen molar-refractivity contribution in [2.45, 2.75) is 12.7 Å². The Bertz CT molecular complexity index is 670. The van der Waals surface area contributed by atoms with Gasteiger partial charge in [-0.2, -0.15) is 10.1 Å². The largest absolute Gasteiger partial charge is 0.344 e. The van der Waals surface area contributed by atoms with E-state index in [1.807, 2.05) is 31.2 Å². The van der Waals surface area contributed by atoms with Crippen molar-refractivity contribution in [1.29, 1.82) is 0 Å². The molecule has 1 aliphatic heterocycles. The first-order valence-electron chi connectivity index (χ1n) is 6.90. The molecule has 0 bridgehead atoms. The SMILES string of the molecule is C=NNc1nccc(Nc2cccc(C3(C)OCCO3)c2)n1. The molecule has 1 saturated heterocycles. The van der Waals surface area contributed by atoms with Crippen molar-refractivity contribution >= 4 is 24.2 Å². The lowest BCUT2D eigenvalue weighted by molar-refractivity contribution is -0.149. The van der Waals surface area contributed by atoms with Crippen molar-refractivity contribution in [3.05, 3.63) is 42.1 Å². The second kappa shape index (κ2) is 6.08. The fourth-order valence-electron chi connectivity index (χ4n) is 2.26. The van der Waals surface area contributed by atoms with E-state index in [2.05, 4.69) is 32.5 Å². The highest BCUT2D eigenvalue weighted by Gasteiger charge is 2.33. The molecular formula is C15H17N5O2. The van der Waals surface area contributed by atoms with Gasteiger partial charge >= 0.3 is 0 Å². The van der Waals surface area contributed by atoms with Gasteiger partial charge in [0.05, 0.1) is 13.2 Å². The van der Waals surface area contributed by atoms with E-state index in [1.165, 1.54) is 0 Å². The quantitative estimate of drug-likeness (QED) is 0.652. The number of ether oxygens (including phenoxy) is 2. The zero-order chi connectivity index (χ0) is 15.4. The number of aromatic nitrogens is 2. The molecule has 0 aliphatic carbocycles. The van der Waals surface area contributed by atoms with Crippen LogP contribution in [0.25, 0.3) is 0 Å². The van der Waals surface area contributed by atoms with Gasteiger partial charge in [0.15, 0.2) is 5.79 Å². The number of rotatable bonds is 5. The fraction of sp³-hybridized carbons (Fsp3) is 0.267. The summed E-state index contributed by atoms with van der Waals surface area (Å²) in [6, 6.07) is 9.62. The molecule has 0 radical (unpaired) electrons. The van der Waals surface area contributed by atoms with Crippen LogP contribution in [-0.2, 0) is 15.3 Å². The molecular weight excluding hydrogens is 282 g/mol. The predicted octanol–water partition coefficient (Wildman–Crippen LogP) is 2.47. The van der Waals surface area contributed by atoms with Gasteiger partial charge in [-0.25, -0.2) is 10.4 Å². The van der Waals surface area contributed by atoms with Crippen molar-refractivity contribution in [2.75, 3.05) is 24.0 Å². The van der Waals surface area contributed by atoms with Crippen molar-refractivity contribution in [1.82, 2.24) is 9.97 Å². The molecule has 2 heterocycles. The topological polar surface area (TPSA) is 80.7 Å².